The van der Waals surface area contributed by atoms with Crippen LogP contribution in [0.5, 0.6) is 0 Å². The summed E-state index contributed by atoms with van der Waals surface area (Å²) in [5, 5.41) is 2.11. The molecule has 3 heteroatoms. The smallest absolute Gasteiger partial charge is 0.0354 e. The van der Waals surface area contributed by atoms with Crippen molar-refractivity contribution in [1.82, 2.24) is 0 Å². The molecule has 1 aromatic heterocycles. The quantitative estimate of drug-likeness (QED) is 0.644. The molecule has 0 spiro atoms. The van der Waals surface area contributed by atoms with E-state index in [1.165, 1.54) is 15.3 Å². The predicted molar refractivity (Wildman–Crippen MR) is 69.5 cm³/mol. The van der Waals surface area contributed by atoms with Gasteiger partial charge in [0, 0.05) is 21.2 Å². The second-order valence-corrected chi connectivity index (χ2v) is 5.39. The number of thioether (sulfide) groups is 1. The van der Waals surface area contributed by atoms with Gasteiger partial charge in [-0.1, -0.05) is 12.1 Å². The van der Waals surface area contributed by atoms with E-state index in [-0.39, 0.29) is 0 Å². The number of rotatable bonds is 3. The summed E-state index contributed by atoms with van der Waals surface area (Å²) in [6.45, 7) is 2.08. The number of hydrogen-bond donors (Lipinski definition) is 1. The van der Waals surface area contributed by atoms with Crippen molar-refractivity contribution in [3.63, 3.8) is 0 Å². The minimum absolute atomic E-state index is 0.881. The van der Waals surface area contributed by atoms with Gasteiger partial charge < -0.3 is 5.73 Å². The molecular formula is C12H13NS2. The Labute approximate surface area is 98.3 Å². The van der Waals surface area contributed by atoms with Crippen molar-refractivity contribution in [2.75, 3.05) is 5.73 Å². The van der Waals surface area contributed by atoms with E-state index in [2.05, 4.69) is 30.5 Å². The summed E-state index contributed by atoms with van der Waals surface area (Å²) in [6, 6.07) is 10.3. The fraction of sp³-hybridized carbons (Fsp3) is 0.167. The molecule has 2 N–H and O–H groups in total. The predicted octanol–water partition coefficient (Wildman–Crippen LogP) is 3.93. The van der Waals surface area contributed by atoms with Crippen molar-refractivity contribution < 1.29 is 0 Å². The van der Waals surface area contributed by atoms with E-state index in [1.54, 1.807) is 11.3 Å². The number of nitrogen functional groups attached to an aromatic ring is 1. The standard InChI is InChI=1S/C12H13NS2/c1-9-11(13)5-2-6-12(9)15-8-10-4-3-7-14-10/h2-7H,8,13H2,1H3. The summed E-state index contributed by atoms with van der Waals surface area (Å²) in [5.41, 5.74) is 7.93. The molecule has 15 heavy (non-hydrogen) atoms. The molecule has 0 amide bonds. The van der Waals surface area contributed by atoms with E-state index in [0.717, 1.165) is 11.4 Å². The molecule has 0 atom stereocenters. The molecule has 0 aliphatic rings. The van der Waals surface area contributed by atoms with E-state index in [9.17, 15) is 0 Å². The highest BCUT2D eigenvalue weighted by Crippen LogP contribution is 2.29. The van der Waals surface area contributed by atoms with Gasteiger partial charge in [-0.05, 0) is 36.1 Å². The molecule has 78 valence electrons. The maximum atomic E-state index is 5.86. The van der Waals surface area contributed by atoms with Gasteiger partial charge >= 0.3 is 0 Å². The Morgan fingerprint density at radius 3 is 2.87 bits per heavy atom. The SMILES string of the molecule is Cc1c(N)cccc1SCc1cccs1. The molecule has 2 rings (SSSR count). The fourth-order valence-corrected chi connectivity index (χ4v) is 3.17. The van der Waals surface area contributed by atoms with Crippen LogP contribution in [0.15, 0.2) is 40.6 Å². The van der Waals surface area contributed by atoms with Gasteiger partial charge in [0.05, 0.1) is 0 Å². The number of nitrogens with two attached hydrogens (primary N) is 1. The third-order valence-corrected chi connectivity index (χ3v) is 4.54. The van der Waals surface area contributed by atoms with Gasteiger partial charge in [0.1, 0.15) is 0 Å². The van der Waals surface area contributed by atoms with Crippen molar-refractivity contribution in [1.29, 1.82) is 0 Å². The van der Waals surface area contributed by atoms with Crippen molar-refractivity contribution in [3.05, 3.63) is 46.2 Å². The zero-order chi connectivity index (χ0) is 10.7. The topological polar surface area (TPSA) is 26.0 Å². The maximum Gasteiger partial charge on any atom is 0.0354 e. The molecular weight excluding hydrogens is 222 g/mol. The maximum absolute atomic E-state index is 5.86. The lowest BCUT2D eigenvalue weighted by Gasteiger charge is -2.06. The van der Waals surface area contributed by atoms with E-state index in [0.29, 0.717) is 0 Å². The van der Waals surface area contributed by atoms with Crippen LogP contribution in [0.1, 0.15) is 10.4 Å². The average molecular weight is 235 g/mol. The first-order valence-corrected chi connectivity index (χ1v) is 6.64. The van der Waals surface area contributed by atoms with Gasteiger partial charge in [-0.25, -0.2) is 0 Å². The van der Waals surface area contributed by atoms with Crippen molar-refractivity contribution in [2.24, 2.45) is 0 Å². The van der Waals surface area contributed by atoms with Crippen LogP contribution in [-0.2, 0) is 5.75 Å². The molecule has 0 bridgehead atoms. The highest BCUT2D eigenvalue weighted by Gasteiger charge is 2.02. The van der Waals surface area contributed by atoms with E-state index >= 15 is 0 Å². The Kier molecular flexibility index (Phi) is 3.34. The van der Waals surface area contributed by atoms with E-state index < -0.39 is 0 Å². The minimum Gasteiger partial charge on any atom is -0.398 e. The number of anilines is 1. The highest BCUT2D eigenvalue weighted by molar-refractivity contribution is 7.98. The van der Waals surface area contributed by atoms with Gasteiger partial charge in [0.25, 0.3) is 0 Å². The zero-order valence-electron chi connectivity index (χ0n) is 8.57. The summed E-state index contributed by atoms with van der Waals surface area (Å²) in [4.78, 5) is 2.69. The third kappa shape index (κ3) is 2.55. The van der Waals surface area contributed by atoms with Crippen LogP contribution in [0.2, 0.25) is 0 Å². The Morgan fingerprint density at radius 2 is 2.13 bits per heavy atom. The molecule has 0 aliphatic carbocycles. The Hall–Kier alpha value is -0.930. The average Bonchev–Trinajstić information content (AvgIpc) is 2.73. The molecule has 2 aromatic rings. The Morgan fingerprint density at radius 1 is 1.27 bits per heavy atom. The molecule has 0 radical (unpaired) electrons. The lowest BCUT2D eigenvalue weighted by molar-refractivity contribution is 1.30. The Bertz CT molecular complexity index is 435. The molecule has 0 unspecified atom stereocenters. The first kappa shape index (κ1) is 10.6. The van der Waals surface area contributed by atoms with Crippen LogP contribution >= 0.6 is 23.1 Å². The third-order valence-electron chi connectivity index (χ3n) is 2.28. The number of benzene rings is 1. The van der Waals surface area contributed by atoms with Crippen LogP contribution < -0.4 is 5.73 Å². The van der Waals surface area contributed by atoms with Crippen molar-refractivity contribution in [3.8, 4) is 0 Å². The van der Waals surface area contributed by atoms with E-state index in [1.807, 2.05) is 23.9 Å². The largest absolute Gasteiger partial charge is 0.398 e. The molecule has 0 saturated carbocycles. The lowest BCUT2D eigenvalue weighted by atomic mass is 10.2. The van der Waals surface area contributed by atoms with Crippen LogP contribution in [0, 0.1) is 6.92 Å². The minimum atomic E-state index is 0.881. The monoisotopic (exact) mass is 235 g/mol. The zero-order valence-corrected chi connectivity index (χ0v) is 10.2. The van der Waals surface area contributed by atoms with Gasteiger partial charge in [-0.3, -0.25) is 0 Å². The number of thiophene rings is 1. The molecule has 1 aromatic carbocycles. The molecule has 0 saturated heterocycles. The summed E-state index contributed by atoms with van der Waals surface area (Å²) in [6.07, 6.45) is 0. The van der Waals surface area contributed by atoms with Gasteiger partial charge in [-0.2, -0.15) is 0 Å². The van der Waals surface area contributed by atoms with Gasteiger partial charge in [-0.15, -0.1) is 23.1 Å². The molecule has 1 heterocycles. The fourth-order valence-electron chi connectivity index (χ4n) is 1.33. The first-order chi connectivity index (χ1) is 7.27. The Balaban J connectivity index is 2.08. The summed E-state index contributed by atoms with van der Waals surface area (Å²) >= 11 is 3.65. The molecule has 0 fully saturated rings. The second kappa shape index (κ2) is 4.73. The normalized spacial score (nSPS) is 10.5. The van der Waals surface area contributed by atoms with E-state index in [4.69, 9.17) is 5.73 Å². The van der Waals surface area contributed by atoms with Crippen LogP contribution in [0.3, 0.4) is 0 Å². The molecule has 0 aliphatic heterocycles. The lowest BCUT2D eigenvalue weighted by Crippen LogP contribution is -1.90. The first-order valence-electron chi connectivity index (χ1n) is 4.77. The molecule has 1 nitrogen and oxygen atoms in total. The number of hydrogen-bond acceptors (Lipinski definition) is 3. The summed E-state index contributed by atoms with van der Waals surface area (Å²) in [5.74, 6) is 1.03. The summed E-state index contributed by atoms with van der Waals surface area (Å²) in [7, 11) is 0. The van der Waals surface area contributed by atoms with Gasteiger partial charge in [0.2, 0.25) is 0 Å². The second-order valence-electron chi connectivity index (χ2n) is 3.34. The van der Waals surface area contributed by atoms with Crippen LogP contribution in [-0.4, -0.2) is 0 Å². The van der Waals surface area contributed by atoms with Gasteiger partial charge in [0.15, 0.2) is 0 Å². The summed E-state index contributed by atoms with van der Waals surface area (Å²) < 4.78 is 0. The van der Waals surface area contributed by atoms with Crippen LogP contribution in [0.4, 0.5) is 5.69 Å². The van der Waals surface area contributed by atoms with Crippen molar-refractivity contribution in [2.45, 2.75) is 17.6 Å². The van der Waals surface area contributed by atoms with Crippen molar-refractivity contribution >= 4 is 28.8 Å². The highest BCUT2D eigenvalue weighted by atomic mass is 32.2. The van der Waals surface area contributed by atoms with Crippen LogP contribution in [0.25, 0.3) is 0 Å².